The lowest BCUT2D eigenvalue weighted by molar-refractivity contribution is 0.745. The van der Waals surface area contributed by atoms with E-state index < -0.39 is 0 Å². The summed E-state index contributed by atoms with van der Waals surface area (Å²) in [6.07, 6.45) is 2.87. The number of azo groups is 1. The number of hydrogen-bond donors (Lipinski definition) is 1. The molecule has 1 aromatic carbocycles. The molecule has 9 heteroatoms. The number of aromatic nitrogens is 4. The number of hydrogen-bond acceptors (Lipinski definition) is 5. The Morgan fingerprint density at radius 3 is 2.54 bits per heavy atom. The standard InChI is InChI=1S/C19H20BrClN6O/c1-4-5-6-15-11(2)22-19(23-17(15)21)27-18(28)16(12(3)26-27)25-24-14-9-7-13(20)8-10-14/h7-10,26H,4-6H2,1-3H3. The lowest BCUT2D eigenvalue weighted by Crippen LogP contribution is -2.18. The fraction of sp³-hybridized carbons (Fsp3) is 0.316. The average molecular weight is 464 g/mol. The largest absolute Gasteiger partial charge is 0.301 e. The van der Waals surface area contributed by atoms with Crippen molar-refractivity contribution in [1.29, 1.82) is 0 Å². The number of halogens is 2. The number of rotatable bonds is 6. The summed E-state index contributed by atoms with van der Waals surface area (Å²) in [5, 5.41) is 11.6. The van der Waals surface area contributed by atoms with E-state index in [1.807, 2.05) is 19.1 Å². The Balaban J connectivity index is 1.95. The highest BCUT2D eigenvalue weighted by molar-refractivity contribution is 9.10. The molecular weight excluding hydrogens is 444 g/mol. The number of benzene rings is 1. The van der Waals surface area contributed by atoms with E-state index in [4.69, 9.17) is 11.6 Å². The molecule has 0 saturated heterocycles. The van der Waals surface area contributed by atoms with Crippen LogP contribution >= 0.6 is 27.5 Å². The van der Waals surface area contributed by atoms with Gasteiger partial charge < -0.3 is 0 Å². The predicted molar refractivity (Wildman–Crippen MR) is 113 cm³/mol. The highest BCUT2D eigenvalue weighted by atomic mass is 79.9. The number of nitrogens with one attached hydrogen (secondary N) is 1. The second-order valence-electron chi connectivity index (χ2n) is 6.38. The van der Waals surface area contributed by atoms with Crippen molar-refractivity contribution in [2.45, 2.75) is 40.0 Å². The van der Waals surface area contributed by atoms with E-state index in [0.29, 0.717) is 16.5 Å². The third-order valence-electron chi connectivity index (χ3n) is 4.26. The van der Waals surface area contributed by atoms with Crippen molar-refractivity contribution >= 4 is 38.9 Å². The van der Waals surface area contributed by atoms with Crippen molar-refractivity contribution in [3.05, 3.63) is 61.2 Å². The van der Waals surface area contributed by atoms with Gasteiger partial charge in [-0.2, -0.15) is 14.8 Å². The Morgan fingerprint density at radius 1 is 1.18 bits per heavy atom. The molecule has 0 saturated carbocycles. The molecule has 3 aromatic rings. The van der Waals surface area contributed by atoms with Crippen LogP contribution in [0.4, 0.5) is 11.4 Å². The minimum Gasteiger partial charge on any atom is -0.290 e. The first-order valence-corrected chi connectivity index (χ1v) is 10.1. The Kier molecular flexibility index (Phi) is 6.41. The van der Waals surface area contributed by atoms with Gasteiger partial charge in [-0.25, -0.2) is 4.98 Å². The molecule has 0 fully saturated rings. The molecule has 0 amide bonds. The van der Waals surface area contributed by atoms with Gasteiger partial charge in [-0.05, 0) is 51.0 Å². The van der Waals surface area contributed by atoms with Crippen LogP contribution in [0.3, 0.4) is 0 Å². The Bertz CT molecular complexity index is 1050. The number of H-pyrrole nitrogens is 1. The Morgan fingerprint density at radius 2 is 1.89 bits per heavy atom. The molecule has 28 heavy (non-hydrogen) atoms. The second kappa shape index (κ2) is 8.79. The zero-order valence-electron chi connectivity index (χ0n) is 15.8. The van der Waals surface area contributed by atoms with E-state index in [0.717, 1.165) is 35.0 Å². The molecule has 7 nitrogen and oxygen atoms in total. The maximum absolute atomic E-state index is 12.8. The smallest absolute Gasteiger partial charge is 0.290 e. The van der Waals surface area contributed by atoms with Gasteiger partial charge in [-0.3, -0.25) is 9.89 Å². The summed E-state index contributed by atoms with van der Waals surface area (Å²) in [4.78, 5) is 21.6. The molecule has 0 spiro atoms. The Labute approximate surface area is 176 Å². The molecule has 0 aliphatic rings. The van der Waals surface area contributed by atoms with Gasteiger partial charge in [-0.15, -0.1) is 5.11 Å². The van der Waals surface area contributed by atoms with E-state index >= 15 is 0 Å². The summed E-state index contributed by atoms with van der Waals surface area (Å²) in [5.74, 6) is 0.195. The van der Waals surface area contributed by atoms with Gasteiger partial charge in [0.15, 0.2) is 5.69 Å². The molecule has 0 bridgehead atoms. The van der Waals surface area contributed by atoms with Crippen molar-refractivity contribution in [2.75, 3.05) is 0 Å². The van der Waals surface area contributed by atoms with E-state index in [1.165, 1.54) is 4.68 Å². The van der Waals surface area contributed by atoms with Crippen molar-refractivity contribution in [2.24, 2.45) is 10.2 Å². The van der Waals surface area contributed by atoms with Gasteiger partial charge in [0.1, 0.15) is 5.15 Å². The number of unbranched alkanes of at least 4 members (excludes halogenated alkanes) is 1. The van der Waals surface area contributed by atoms with Crippen LogP contribution in [0.1, 0.15) is 36.7 Å². The first-order valence-electron chi connectivity index (χ1n) is 8.93. The van der Waals surface area contributed by atoms with E-state index in [2.05, 4.69) is 48.1 Å². The molecule has 1 N–H and O–H groups in total. The summed E-state index contributed by atoms with van der Waals surface area (Å²) in [7, 11) is 0. The van der Waals surface area contributed by atoms with Crippen LogP contribution in [0.15, 0.2) is 43.8 Å². The van der Waals surface area contributed by atoms with Gasteiger partial charge in [-0.1, -0.05) is 40.9 Å². The van der Waals surface area contributed by atoms with Crippen LogP contribution in [0, 0.1) is 13.8 Å². The summed E-state index contributed by atoms with van der Waals surface area (Å²) >= 11 is 9.72. The molecule has 2 aromatic heterocycles. The predicted octanol–water partition coefficient (Wildman–Crippen LogP) is 5.75. The highest BCUT2D eigenvalue weighted by Gasteiger charge is 2.17. The third-order valence-corrected chi connectivity index (χ3v) is 5.11. The molecule has 0 aliphatic carbocycles. The van der Waals surface area contributed by atoms with E-state index in [9.17, 15) is 4.79 Å². The van der Waals surface area contributed by atoms with Crippen molar-refractivity contribution in [1.82, 2.24) is 19.7 Å². The first kappa shape index (κ1) is 20.4. The molecule has 3 rings (SSSR count). The summed E-state index contributed by atoms with van der Waals surface area (Å²) in [6, 6.07) is 7.31. The molecule has 0 unspecified atom stereocenters. The lowest BCUT2D eigenvalue weighted by atomic mass is 10.1. The fourth-order valence-corrected chi connectivity index (χ4v) is 3.27. The van der Waals surface area contributed by atoms with Gasteiger partial charge >= 0.3 is 5.56 Å². The minimum atomic E-state index is -0.380. The van der Waals surface area contributed by atoms with Crippen LogP contribution < -0.4 is 5.56 Å². The second-order valence-corrected chi connectivity index (χ2v) is 7.66. The van der Waals surface area contributed by atoms with E-state index in [1.54, 1.807) is 19.1 Å². The monoisotopic (exact) mass is 462 g/mol. The highest BCUT2D eigenvalue weighted by Crippen LogP contribution is 2.22. The SMILES string of the molecule is CCCCc1c(C)nc(-n2[nH]c(C)c(N=Nc3ccc(Br)cc3)c2=O)nc1Cl. The zero-order chi connectivity index (χ0) is 20.3. The van der Waals surface area contributed by atoms with Gasteiger partial charge in [0.05, 0.1) is 11.4 Å². The van der Waals surface area contributed by atoms with Crippen LogP contribution in [0.5, 0.6) is 0 Å². The lowest BCUT2D eigenvalue weighted by Gasteiger charge is -2.09. The van der Waals surface area contributed by atoms with Crippen molar-refractivity contribution in [3.8, 4) is 5.95 Å². The quantitative estimate of drug-likeness (QED) is 0.373. The fourth-order valence-electron chi connectivity index (χ4n) is 2.70. The topological polar surface area (TPSA) is 88.3 Å². The van der Waals surface area contributed by atoms with Crippen LogP contribution in [0.25, 0.3) is 5.95 Å². The van der Waals surface area contributed by atoms with Gasteiger partial charge in [0.2, 0.25) is 0 Å². The molecule has 146 valence electrons. The molecule has 0 atom stereocenters. The normalized spacial score (nSPS) is 11.5. The van der Waals surface area contributed by atoms with Gasteiger partial charge in [0, 0.05) is 15.7 Å². The van der Waals surface area contributed by atoms with Crippen molar-refractivity contribution in [3.63, 3.8) is 0 Å². The molecular formula is C19H20BrClN6O. The Hall–Kier alpha value is -2.32. The first-order chi connectivity index (χ1) is 13.4. The van der Waals surface area contributed by atoms with Crippen LogP contribution in [-0.4, -0.2) is 19.7 Å². The van der Waals surface area contributed by atoms with Crippen molar-refractivity contribution < 1.29 is 0 Å². The minimum absolute atomic E-state index is 0.195. The third kappa shape index (κ3) is 4.39. The maximum Gasteiger partial charge on any atom is 0.301 e. The number of aromatic amines is 1. The van der Waals surface area contributed by atoms with Crippen LogP contribution in [0.2, 0.25) is 5.15 Å². The summed E-state index contributed by atoms with van der Waals surface area (Å²) in [6.45, 7) is 5.74. The van der Waals surface area contributed by atoms with Crippen LogP contribution in [-0.2, 0) is 6.42 Å². The summed E-state index contributed by atoms with van der Waals surface area (Å²) in [5.41, 5.74) is 2.72. The maximum atomic E-state index is 12.8. The average Bonchev–Trinajstić information content (AvgIpc) is 2.94. The molecule has 0 aliphatic heterocycles. The number of aryl methyl sites for hydroxylation is 2. The van der Waals surface area contributed by atoms with E-state index in [-0.39, 0.29) is 17.2 Å². The summed E-state index contributed by atoms with van der Waals surface area (Å²) < 4.78 is 2.19. The number of nitrogens with zero attached hydrogens (tertiary/aromatic N) is 5. The molecule has 2 heterocycles. The van der Waals surface area contributed by atoms with Gasteiger partial charge in [0.25, 0.3) is 5.95 Å². The zero-order valence-corrected chi connectivity index (χ0v) is 18.2. The molecule has 0 radical (unpaired) electrons.